The van der Waals surface area contributed by atoms with Crippen LogP contribution in [-0.4, -0.2) is 74.3 Å². The first-order valence-corrected chi connectivity index (χ1v) is 10.9. The second-order valence-corrected chi connectivity index (χ2v) is 8.33. The highest BCUT2D eigenvalue weighted by molar-refractivity contribution is 7.99. The van der Waals surface area contributed by atoms with Crippen LogP contribution in [0, 0.1) is 0 Å². The Kier molecular flexibility index (Phi) is 7.49. The number of halogens is 1. The van der Waals surface area contributed by atoms with Crippen molar-refractivity contribution in [2.45, 2.75) is 18.4 Å². The van der Waals surface area contributed by atoms with Crippen LogP contribution >= 0.6 is 23.4 Å². The molecule has 0 aromatic heterocycles. The molecule has 0 radical (unpaired) electrons. The number of ether oxygens (including phenoxy) is 1. The van der Waals surface area contributed by atoms with Crippen LogP contribution in [0.25, 0.3) is 0 Å². The highest BCUT2D eigenvalue weighted by atomic mass is 35.5. The van der Waals surface area contributed by atoms with Crippen molar-refractivity contribution in [3.05, 3.63) is 34.9 Å². The van der Waals surface area contributed by atoms with Crippen LogP contribution in [0.2, 0.25) is 5.02 Å². The third kappa shape index (κ3) is 5.06. The van der Waals surface area contributed by atoms with E-state index in [1.165, 1.54) is 17.9 Å². The van der Waals surface area contributed by atoms with Crippen molar-refractivity contribution in [1.29, 1.82) is 0 Å². The molecule has 7 heteroatoms. The monoisotopic (exact) mass is 396 g/mol. The molecule has 26 heavy (non-hydrogen) atoms. The third-order valence-corrected chi connectivity index (χ3v) is 6.82. The summed E-state index contributed by atoms with van der Waals surface area (Å²) in [5, 5.41) is 7.81. The normalized spacial score (nSPS) is 24.6. The highest BCUT2D eigenvalue weighted by Gasteiger charge is 2.40. The van der Waals surface area contributed by atoms with Crippen molar-refractivity contribution in [3.63, 3.8) is 0 Å². The lowest BCUT2D eigenvalue weighted by Gasteiger charge is -2.43. The number of guanidine groups is 1. The van der Waals surface area contributed by atoms with Gasteiger partial charge in [-0.25, -0.2) is 0 Å². The molecule has 1 aromatic carbocycles. The average Bonchev–Trinajstić information content (AvgIpc) is 3.17. The molecule has 5 nitrogen and oxygen atoms in total. The molecule has 2 saturated heterocycles. The number of nitrogens with one attached hydrogen (secondary N) is 2. The molecule has 144 valence electrons. The van der Waals surface area contributed by atoms with E-state index in [-0.39, 0.29) is 5.54 Å². The summed E-state index contributed by atoms with van der Waals surface area (Å²) in [7, 11) is 1.83. The fraction of sp³-hybridized carbons (Fsp3) is 0.632. The lowest BCUT2D eigenvalue weighted by molar-refractivity contribution is -0.0120. The van der Waals surface area contributed by atoms with Gasteiger partial charge in [-0.1, -0.05) is 29.8 Å². The largest absolute Gasteiger partial charge is 0.379 e. The molecule has 0 saturated carbocycles. The van der Waals surface area contributed by atoms with Crippen LogP contribution in [0.1, 0.15) is 12.0 Å². The average molecular weight is 397 g/mol. The van der Waals surface area contributed by atoms with Gasteiger partial charge in [0.15, 0.2) is 5.96 Å². The van der Waals surface area contributed by atoms with E-state index in [0.717, 1.165) is 62.4 Å². The van der Waals surface area contributed by atoms with Crippen molar-refractivity contribution >= 4 is 29.3 Å². The molecule has 0 aliphatic carbocycles. The van der Waals surface area contributed by atoms with E-state index in [2.05, 4.69) is 38.4 Å². The zero-order chi connectivity index (χ0) is 18.2. The quantitative estimate of drug-likeness (QED) is 0.570. The van der Waals surface area contributed by atoms with Gasteiger partial charge in [0.2, 0.25) is 0 Å². The van der Waals surface area contributed by atoms with E-state index in [4.69, 9.17) is 16.3 Å². The van der Waals surface area contributed by atoms with Gasteiger partial charge in [-0.15, -0.1) is 0 Å². The maximum absolute atomic E-state index is 6.23. The summed E-state index contributed by atoms with van der Waals surface area (Å²) in [6, 6.07) is 8.00. The maximum atomic E-state index is 6.23. The lowest BCUT2D eigenvalue weighted by Crippen LogP contribution is -2.60. The van der Waals surface area contributed by atoms with Gasteiger partial charge in [0.1, 0.15) is 0 Å². The first-order chi connectivity index (χ1) is 12.7. The molecule has 2 N–H and O–H groups in total. The van der Waals surface area contributed by atoms with Crippen LogP contribution in [0.3, 0.4) is 0 Å². The van der Waals surface area contributed by atoms with Gasteiger partial charge >= 0.3 is 0 Å². The molecular weight excluding hydrogens is 368 g/mol. The van der Waals surface area contributed by atoms with Gasteiger partial charge in [-0.3, -0.25) is 9.89 Å². The van der Waals surface area contributed by atoms with Crippen LogP contribution in [0.5, 0.6) is 0 Å². The van der Waals surface area contributed by atoms with Gasteiger partial charge in [0, 0.05) is 49.5 Å². The van der Waals surface area contributed by atoms with Gasteiger partial charge in [0.05, 0.1) is 13.2 Å². The lowest BCUT2D eigenvalue weighted by atomic mass is 9.95. The summed E-state index contributed by atoms with van der Waals surface area (Å²) >= 11 is 8.29. The van der Waals surface area contributed by atoms with E-state index in [0.29, 0.717) is 0 Å². The molecule has 0 amide bonds. The summed E-state index contributed by atoms with van der Waals surface area (Å²) in [5.41, 5.74) is 1.38. The first kappa shape index (κ1) is 19.8. The molecule has 3 rings (SSSR count). The van der Waals surface area contributed by atoms with Crippen molar-refractivity contribution in [1.82, 2.24) is 15.5 Å². The fourth-order valence-corrected chi connectivity index (χ4v) is 5.33. The Morgan fingerprint density at radius 1 is 1.31 bits per heavy atom. The van der Waals surface area contributed by atoms with E-state index in [1.54, 1.807) is 0 Å². The second kappa shape index (κ2) is 9.83. The topological polar surface area (TPSA) is 48.9 Å². The van der Waals surface area contributed by atoms with E-state index in [9.17, 15) is 0 Å². The molecular formula is C19H29ClN4OS. The number of benzene rings is 1. The second-order valence-electron chi connectivity index (χ2n) is 6.82. The minimum atomic E-state index is 0.217. The third-order valence-electron chi connectivity index (χ3n) is 5.22. The minimum absolute atomic E-state index is 0.217. The molecule has 2 aliphatic rings. The molecule has 0 spiro atoms. The Morgan fingerprint density at radius 2 is 2.12 bits per heavy atom. The Hall–Kier alpha value is -0.950. The number of thioether (sulfide) groups is 1. The van der Waals surface area contributed by atoms with E-state index >= 15 is 0 Å². The number of nitrogens with zero attached hydrogens (tertiary/aromatic N) is 2. The van der Waals surface area contributed by atoms with Gasteiger partial charge in [-0.2, -0.15) is 11.8 Å². The predicted molar refractivity (Wildman–Crippen MR) is 112 cm³/mol. The molecule has 2 heterocycles. The maximum Gasteiger partial charge on any atom is 0.191 e. The van der Waals surface area contributed by atoms with Gasteiger partial charge in [-0.05, 0) is 30.2 Å². The van der Waals surface area contributed by atoms with Gasteiger partial charge < -0.3 is 15.4 Å². The van der Waals surface area contributed by atoms with Gasteiger partial charge in [0.25, 0.3) is 0 Å². The minimum Gasteiger partial charge on any atom is -0.379 e. The number of rotatable bonds is 6. The van der Waals surface area contributed by atoms with Crippen molar-refractivity contribution in [2.75, 3.05) is 57.9 Å². The first-order valence-electron chi connectivity index (χ1n) is 9.32. The van der Waals surface area contributed by atoms with Crippen LogP contribution in [0.4, 0.5) is 0 Å². The molecule has 0 bridgehead atoms. The molecule has 2 aliphatic heterocycles. The van der Waals surface area contributed by atoms with Crippen LogP contribution in [-0.2, 0) is 11.2 Å². The smallest absolute Gasteiger partial charge is 0.191 e. The summed E-state index contributed by atoms with van der Waals surface area (Å²) in [6.45, 7) is 5.48. The summed E-state index contributed by atoms with van der Waals surface area (Å²) < 4.78 is 5.54. The van der Waals surface area contributed by atoms with Crippen LogP contribution < -0.4 is 10.6 Å². The van der Waals surface area contributed by atoms with Crippen LogP contribution in [0.15, 0.2) is 29.3 Å². The Balaban J connectivity index is 1.50. The molecule has 1 atom stereocenters. The van der Waals surface area contributed by atoms with E-state index < -0.39 is 0 Å². The van der Waals surface area contributed by atoms with Crippen molar-refractivity contribution < 1.29 is 4.74 Å². The highest BCUT2D eigenvalue weighted by Crippen LogP contribution is 2.33. The van der Waals surface area contributed by atoms with Crippen molar-refractivity contribution in [3.8, 4) is 0 Å². The Morgan fingerprint density at radius 3 is 2.81 bits per heavy atom. The Labute approximate surface area is 165 Å². The molecule has 1 unspecified atom stereocenters. The van der Waals surface area contributed by atoms with E-state index in [1.807, 2.05) is 25.2 Å². The number of morpholine rings is 1. The summed E-state index contributed by atoms with van der Waals surface area (Å²) in [6.07, 6.45) is 2.10. The predicted octanol–water partition coefficient (Wildman–Crippen LogP) is 2.26. The zero-order valence-electron chi connectivity index (χ0n) is 15.5. The molecule has 2 fully saturated rings. The summed E-state index contributed by atoms with van der Waals surface area (Å²) in [4.78, 5) is 7.00. The fourth-order valence-electron chi connectivity index (χ4n) is 3.62. The number of aliphatic imine (C=N–C) groups is 1. The van der Waals surface area contributed by atoms with Crippen molar-refractivity contribution in [2.24, 2.45) is 4.99 Å². The Bertz CT molecular complexity index is 601. The SMILES string of the molecule is CN=C(NCCc1ccccc1Cl)NCC1(N2CCOCC2)CCSC1. The standard InChI is InChI=1S/C19H29ClN4OS/c1-21-18(22-8-6-16-4-2-3-5-17(16)20)23-14-19(7-13-26-15-19)24-9-11-25-12-10-24/h2-5H,6-15H2,1H3,(H2,21,22,23). The summed E-state index contributed by atoms with van der Waals surface area (Å²) in [5.74, 6) is 3.27. The molecule has 1 aromatic rings. The number of hydrogen-bond acceptors (Lipinski definition) is 4. The zero-order valence-corrected chi connectivity index (χ0v) is 17.0. The number of hydrogen-bond donors (Lipinski definition) is 2.